The summed E-state index contributed by atoms with van der Waals surface area (Å²) in [5.74, 6) is 0.00602. The number of carbonyl (C=O) groups is 2. The summed E-state index contributed by atoms with van der Waals surface area (Å²) in [6.07, 6.45) is 1.22. The molecule has 0 radical (unpaired) electrons. The number of hydrogen-bond acceptors (Lipinski definition) is 3. The van der Waals surface area contributed by atoms with Crippen molar-refractivity contribution in [2.24, 2.45) is 5.41 Å². The highest BCUT2D eigenvalue weighted by molar-refractivity contribution is 7.09. The zero-order valence-electron chi connectivity index (χ0n) is 13.2. The number of nitrogens with one attached hydrogen (secondary N) is 1. The van der Waals surface area contributed by atoms with Crippen LogP contribution in [0, 0.1) is 5.41 Å². The normalized spacial score (nSPS) is 21.9. The Labute approximate surface area is 130 Å². The van der Waals surface area contributed by atoms with E-state index in [9.17, 15) is 9.59 Å². The molecule has 2 heterocycles. The van der Waals surface area contributed by atoms with Gasteiger partial charge >= 0.3 is 0 Å². The van der Waals surface area contributed by atoms with Gasteiger partial charge in [0, 0.05) is 30.3 Å². The van der Waals surface area contributed by atoms with Crippen molar-refractivity contribution in [3.8, 4) is 0 Å². The standard InChI is InChI=1S/C16H24N2O2S/c1-11(10-12-6-5-9-21-12)18-8-7-13(19)17-14(15(18)20)16(2,3)4/h5-6,9,11,14H,7-8,10H2,1-4H3,(H,17,19). The Morgan fingerprint density at radius 1 is 1.43 bits per heavy atom. The smallest absolute Gasteiger partial charge is 0.245 e. The van der Waals surface area contributed by atoms with Crippen LogP contribution in [0.1, 0.15) is 39.0 Å². The first-order valence-electron chi connectivity index (χ1n) is 7.41. The van der Waals surface area contributed by atoms with Crippen LogP contribution in [0.5, 0.6) is 0 Å². The highest BCUT2D eigenvalue weighted by atomic mass is 32.1. The van der Waals surface area contributed by atoms with Gasteiger partial charge in [0.1, 0.15) is 6.04 Å². The van der Waals surface area contributed by atoms with E-state index in [-0.39, 0.29) is 23.3 Å². The van der Waals surface area contributed by atoms with Crippen LogP contribution >= 0.6 is 11.3 Å². The van der Waals surface area contributed by atoms with Crippen LogP contribution in [-0.4, -0.2) is 35.3 Å². The Bertz CT molecular complexity index is 505. The molecule has 0 aromatic carbocycles. The Hall–Kier alpha value is -1.36. The molecule has 1 aliphatic heterocycles. The minimum Gasteiger partial charge on any atom is -0.344 e. The molecule has 5 heteroatoms. The van der Waals surface area contributed by atoms with E-state index in [0.717, 1.165) is 6.42 Å². The van der Waals surface area contributed by atoms with Gasteiger partial charge in [-0.05, 0) is 23.8 Å². The summed E-state index contributed by atoms with van der Waals surface area (Å²) >= 11 is 1.71. The minimum absolute atomic E-state index is 0.0332. The molecule has 4 nitrogen and oxygen atoms in total. The van der Waals surface area contributed by atoms with Crippen LogP contribution in [0.2, 0.25) is 0 Å². The van der Waals surface area contributed by atoms with E-state index in [1.807, 2.05) is 31.7 Å². The van der Waals surface area contributed by atoms with E-state index in [1.165, 1.54) is 4.88 Å². The number of hydrogen-bond donors (Lipinski definition) is 1. The predicted molar refractivity (Wildman–Crippen MR) is 85.2 cm³/mol. The van der Waals surface area contributed by atoms with Gasteiger partial charge < -0.3 is 10.2 Å². The number of thiophene rings is 1. The third kappa shape index (κ3) is 3.84. The molecule has 2 amide bonds. The molecule has 1 aromatic heterocycles. The summed E-state index contributed by atoms with van der Waals surface area (Å²) in [4.78, 5) is 27.8. The van der Waals surface area contributed by atoms with E-state index >= 15 is 0 Å². The van der Waals surface area contributed by atoms with Crippen molar-refractivity contribution in [1.29, 1.82) is 0 Å². The molecule has 1 aliphatic rings. The monoisotopic (exact) mass is 308 g/mol. The first kappa shape index (κ1) is 16.0. The lowest BCUT2D eigenvalue weighted by Crippen LogP contribution is -2.53. The van der Waals surface area contributed by atoms with E-state index in [2.05, 4.69) is 23.7 Å². The SMILES string of the molecule is CC(Cc1cccs1)N1CCC(=O)NC(C(C)(C)C)C1=O. The molecule has 1 aromatic rings. The van der Waals surface area contributed by atoms with Crippen LogP contribution < -0.4 is 5.32 Å². The molecule has 0 saturated carbocycles. The molecule has 2 rings (SSSR count). The van der Waals surface area contributed by atoms with Crippen molar-refractivity contribution in [2.45, 2.75) is 52.6 Å². The highest BCUT2D eigenvalue weighted by Crippen LogP contribution is 2.25. The molecule has 1 fully saturated rings. The zero-order valence-corrected chi connectivity index (χ0v) is 14.0. The third-order valence-corrected chi connectivity index (χ3v) is 4.79. The van der Waals surface area contributed by atoms with Gasteiger partial charge in [-0.3, -0.25) is 9.59 Å². The molecule has 21 heavy (non-hydrogen) atoms. The lowest BCUT2D eigenvalue weighted by molar-refractivity contribution is -0.138. The molecule has 0 bridgehead atoms. The summed E-state index contributed by atoms with van der Waals surface area (Å²) in [7, 11) is 0. The van der Waals surface area contributed by atoms with Crippen LogP contribution in [-0.2, 0) is 16.0 Å². The van der Waals surface area contributed by atoms with Gasteiger partial charge in [0.2, 0.25) is 11.8 Å². The molecule has 1 N–H and O–H groups in total. The van der Waals surface area contributed by atoms with Crippen molar-refractivity contribution < 1.29 is 9.59 Å². The van der Waals surface area contributed by atoms with E-state index in [0.29, 0.717) is 13.0 Å². The number of nitrogens with zero attached hydrogens (tertiary/aromatic N) is 1. The van der Waals surface area contributed by atoms with E-state index in [4.69, 9.17) is 0 Å². The lowest BCUT2D eigenvalue weighted by Gasteiger charge is -2.35. The molecule has 2 atom stereocenters. The first-order valence-corrected chi connectivity index (χ1v) is 8.29. The van der Waals surface area contributed by atoms with Crippen LogP contribution in [0.15, 0.2) is 17.5 Å². The number of carbonyl (C=O) groups excluding carboxylic acids is 2. The fraction of sp³-hybridized carbons (Fsp3) is 0.625. The van der Waals surface area contributed by atoms with Gasteiger partial charge in [-0.25, -0.2) is 0 Å². The van der Waals surface area contributed by atoms with E-state index in [1.54, 1.807) is 11.3 Å². The second-order valence-corrected chi connectivity index (χ2v) is 7.81. The largest absolute Gasteiger partial charge is 0.344 e. The Kier molecular flexibility index (Phi) is 4.71. The minimum atomic E-state index is -0.446. The topological polar surface area (TPSA) is 49.4 Å². The second-order valence-electron chi connectivity index (χ2n) is 6.78. The molecular weight excluding hydrogens is 284 g/mol. The summed E-state index contributed by atoms with van der Waals surface area (Å²) in [6, 6.07) is 3.78. The zero-order chi connectivity index (χ0) is 15.6. The maximum Gasteiger partial charge on any atom is 0.245 e. The fourth-order valence-corrected chi connectivity index (χ4v) is 3.47. The van der Waals surface area contributed by atoms with Crippen molar-refractivity contribution in [1.82, 2.24) is 10.2 Å². The van der Waals surface area contributed by atoms with Crippen LogP contribution in [0.25, 0.3) is 0 Å². The predicted octanol–water partition coefficient (Wildman–Crippen LogP) is 2.44. The summed E-state index contributed by atoms with van der Waals surface area (Å²) in [6.45, 7) is 8.53. The van der Waals surface area contributed by atoms with Gasteiger partial charge in [-0.15, -0.1) is 11.3 Å². The van der Waals surface area contributed by atoms with Gasteiger partial charge in [-0.1, -0.05) is 26.8 Å². The first-order chi connectivity index (χ1) is 9.79. The molecule has 1 saturated heterocycles. The van der Waals surface area contributed by atoms with Gasteiger partial charge in [0.25, 0.3) is 0 Å². The average molecular weight is 308 g/mol. The van der Waals surface area contributed by atoms with Crippen molar-refractivity contribution in [2.75, 3.05) is 6.54 Å². The lowest BCUT2D eigenvalue weighted by atomic mass is 9.85. The average Bonchev–Trinajstić information content (AvgIpc) is 2.81. The Balaban J connectivity index is 2.17. The van der Waals surface area contributed by atoms with E-state index < -0.39 is 6.04 Å². The molecule has 0 spiro atoms. The van der Waals surface area contributed by atoms with Gasteiger partial charge in [0.15, 0.2) is 0 Å². The number of amides is 2. The van der Waals surface area contributed by atoms with Crippen molar-refractivity contribution in [3.63, 3.8) is 0 Å². The second kappa shape index (κ2) is 6.18. The summed E-state index contributed by atoms with van der Waals surface area (Å²) in [5.41, 5.74) is -0.280. The summed E-state index contributed by atoms with van der Waals surface area (Å²) in [5, 5.41) is 4.94. The van der Waals surface area contributed by atoms with Gasteiger partial charge in [0.05, 0.1) is 0 Å². The molecule has 116 valence electrons. The quantitative estimate of drug-likeness (QED) is 0.932. The van der Waals surface area contributed by atoms with Crippen molar-refractivity contribution in [3.05, 3.63) is 22.4 Å². The third-order valence-electron chi connectivity index (χ3n) is 3.89. The molecule has 2 unspecified atom stereocenters. The fourth-order valence-electron chi connectivity index (χ4n) is 2.65. The van der Waals surface area contributed by atoms with Gasteiger partial charge in [-0.2, -0.15) is 0 Å². The van der Waals surface area contributed by atoms with Crippen molar-refractivity contribution >= 4 is 23.2 Å². The summed E-state index contributed by atoms with van der Waals surface area (Å²) < 4.78 is 0. The molecular formula is C16H24N2O2S. The highest BCUT2D eigenvalue weighted by Gasteiger charge is 2.39. The van der Waals surface area contributed by atoms with Crippen LogP contribution in [0.4, 0.5) is 0 Å². The maximum absolute atomic E-state index is 12.8. The van der Waals surface area contributed by atoms with Crippen LogP contribution in [0.3, 0.4) is 0 Å². The Morgan fingerprint density at radius 2 is 2.14 bits per heavy atom. The Morgan fingerprint density at radius 3 is 2.71 bits per heavy atom. The molecule has 0 aliphatic carbocycles. The maximum atomic E-state index is 12.8. The number of rotatable bonds is 3.